The Kier molecular flexibility index (Phi) is 5.99. The van der Waals surface area contributed by atoms with Crippen molar-refractivity contribution in [1.82, 2.24) is 14.9 Å². The number of carbonyl (C=O) groups is 1. The van der Waals surface area contributed by atoms with E-state index in [0.717, 1.165) is 23.1 Å². The van der Waals surface area contributed by atoms with E-state index in [2.05, 4.69) is 15.3 Å². The first-order valence-electron chi connectivity index (χ1n) is 9.86. The van der Waals surface area contributed by atoms with E-state index in [-0.39, 0.29) is 17.8 Å². The lowest BCUT2D eigenvalue weighted by Crippen LogP contribution is -2.43. The molecule has 1 amide bonds. The number of nitrogens with one attached hydrogen (secondary N) is 1. The van der Waals surface area contributed by atoms with Crippen molar-refractivity contribution in [2.75, 3.05) is 25.0 Å². The molecule has 0 bridgehead atoms. The molecule has 0 aliphatic carbocycles. The molecule has 1 aliphatic heterocycles. The summed E-state index contributed by atoms with van der Waals surface area (Å²) in [4.78, 5) is 23.0. The predicted octanol–water partition coefficient (Wildman–Crippen LogP) is 3.81. The summed E-state index contributed by atoms with van der Waals surface area (Å²) in [5.74, 6) is 0.241. The highest BCUT2D eigenvalue weighted by molar-refractivity contribution is 5.79. The van der Waals surface area contributed by atoms with Gasteiger partial charge in [-0.3, -0.25) is 9.78 Å². The first-order valence-corrected chi connectivity index (χ1v) is 9.86. The summed E-state index contributed by atoms with van der Waals surface area (Å²) in [7, 11) is 0. The minimum absolute atomic E-state index is 0.0906. The Balaban J connectivity index is 1.37. The Morgan fingerprint density at radius 2 is 1.97 bits per heavy atom. The number of benzene rings is 1. The van der Waals surface area contributed by atoms with Gasteiger partial charge >= 0.3 is 0 Å². The molecule has 1 unspecified atom stereocenters. The third-order valence-electron chi connectivity index (χ3n) is 5.01. The van der Waals surface area contributed by atoms with Crippen molar-refractivity contribution in [3.63, 3.8) is 0 Å². The molecule has 1 aromatic carbocycles. The van der Waals surface area contributed by atoms with Crippen molar-refractivity contribution >= 4 is 17.4 Å². The molecular formula is C23H23FN4O2. The largest absolute Gasteiger partial charge is 0.368 e. The SMILES string of the molecule is Cc1ccc(CC(=O)N2CCOC(c3ccc(Nc4ccc(F)cn4)cn3)C2)cc1. The van der Waals surface area contributed by atoms with Crippen LogP contribution in [0.2, 0.25) is 0 Å². The highest BCUT2D eigenvalue weighted by Crippen LogP contribution is 2.23. The van der Waals surface area contributed by atoms with E-state index in [1.165, 1.54) is 11.6 Å². The summed E-state index contributed by atoms with van der Waals surface area (Å²) in [5, 5.41) is 3.07. The van der Waals surface area contributed by atoms with Crippen molar-refractivity contribution in [3.8, 4) is 0 Å². The third kappa shape index (κ3) is 4.99. The number of nitrogens with zero attached hydrogens (tertiary/aromatic N) is 3. The number of rotatable bonds is 5. The van der Waals surface area contributed by atoms with Crippen LogP contribution in [0.15, 0.2) is 60.9 Å². The molecular weight excluding hydrogens is 383 g/mol. The highest BCUT2D eigenvalue weighted by Gasteiger charge is 2.26. The van der Waals surface area contributed by atoms with Gasteiger partial charge in [-0.2, -0.15) is 0 Å². The first kappa shape index (κ1) is 20.0. The molecule has 3 aromatic rings. The molecule has 1 fully saturated rings. The standard InChI is InChI=1S/C23H23FN4O2/c1-16-2-4-17(5-3-16)12-23(29)28-10-11-30-21(15-28)20-8-7-19(14-25-20)27-22-9-6-18(24)13-26-22/h2-9,13-14,21H,10-12,15H2,1H3,(H,26,27). The van der Waals surface area contributed by atoms with Crippen LogP contribution in [0.5, 0.6) is 0 Å². The second-order valence-corrected chi connectivity index (χ2v) is 7.32. The summed E-state index contributed by atoms with van der Waals surface area (Å²) in [5.41, 5.74) is 3.69. The van der Waals surface area contributed by atoms with E-state index in [4.69, 9.17) is 4.74 Å². The van der Waals surface area contributed by atoms with Gasteiger partial charge in [-0.05, 0) is 36.8 Å². The number of morpholine rings is 1. The molecule has 6 nitrogen and oxygen atoms in total. The molecule has 154 valence electrons. The number of amides is 1. The monoisotopic (exact) mass is 406 g/mol. The Labute approximate surface area is 174 Å². The van der Waals surface area contributed by atoms with Crippen LogP contribution >= 0.6 is 0 Å². The zero-order valence-corrected chi connectivity index (χ0v) is 16.7. The van der Waals surface area contributed by atoms with Crippen LogP contribution in [0.25, 0.3) is 0 Å². The highest BCUT2D eigenvalue weighted by atomic mass is 19.1. The number of pyridine rings is 2. The number of halogens is 1. The van der Waals surface area contributed by atoms with Gasteiger partial charge in [0.2, 0.25) is 5.91 Å². The molecule has 4 rings (SSSR count). The smallest absolute Gasteiger partial charge is 0.227 e. The lowest BCUT2D eigenvalue weighted by molar-refractivity contribution is -0.138. The molecule has 0 saturated carbocycles. The molecule has 2 aromatic heterocycles. The van der Waals surface area contributed by atoms with Crippen molar-refractivity contribution < 1.29 is 13.9 Å². The molecule has 30 heavy (non-hydrogen) atoms. The van der Waals surface area contributed by atoms with Crippen LogP contribution in [0.1, 0.15) is 22.9 Å². The molecule has 3 heterocycles. The van der Waals surface area contributed by atoms with Gasteiger partial charge in [0.15, 0.2) is 0 Å². The van der Waals surface area contributed by atoms with Crippen molar-refractivity contribution in [2.45, 2.75) is 19.4 Å². The fraction of sp³-hybridized carbons (Fsp3) is 0.261. The van der Waals surface area contributed by atoms with E-state index in [1.54, 1.807) is 12.3 Å². The maximum Gasteiger partial charge on any atom is 0.227 e. The van der Waals surface area contributed by atoms with Crippen LogP contribution in [0, 0.1) is 12.7 Å². The summed E-state index contributed by atoms with van der Waals surface area (Å²) in [6.45, 7) is 3.56. The van der Waals surface area contributed by atoms with Gasteiger partial charge < -0.3 is 15.0 Å². The number of anilines is 2. The fourth-order valence-electron chi connectivity index (χ4n) is 3.31. The van der Waals surface area contributed by atoms with Gasteiger partial charge in [0.25, 0.3) is 0 Å². The number of aromatic nitrogens is 2. The van der Waals surface area contributed by atoms with Gasteiger partial charge in [-0.25, -0.2) is 9.37 Å². The first-order chi connectivity index (χ1) is 14.6. The zero-order valence-electron chi connectivity index (χ0n) is 16.7. The van der Waals surface area contributed by atoms with Gasteiger partial charge in [-0.15, -0.1) is 0 Å². The summed E-state index contributed by atoms with van der Waals surface area (Å²) < 4.78 is 18.8. The molecule has 0 spiro atoms. The normalized spacial score (nSPS) is 16.3. The van der Waals surface area contributed by atoms with Crippen LogP contribution in [0.3, 0.4) is 0 Å². The third-order valence-corrected chi connectivity index (χ3v) is 5.01. The minimum Gasteiger partial charge on any atom is -0.368 e. The molecule has 1 atom stereocenters. The Bertz CT molecular complexity index is 991. The van der Waals surface area contributed by atoms with Crippen LogP contribution in [-0.2, 0) is 16.0 Å². The minimum atomic E-state index is -0.384. The molecule has 1 saturated heterocycles. The van der Waals surface area contributed by atoms with Crippen LogP contribution in [0.4, 0.5) is 15.9 Å². The number of aryl methyl sites for hydroxylation is 1. The second-order valence-electron chi connectivity index (χ2n) is 7.32. The predicted molar refractivity (Wildman–Crippen MR) is 112 cm³/mol. The Morgan fingerprint density at radius 1 is 1.13 bits per heavy atom. The molecule has 7 heteroatoms. The van der Waals surface area contributed by atoms with E-state index in [0.29, 0.717) is 31.9 Å². The van der Waals surface area contributed by atoms with Crippen molar-refractivity contribution in [1.29, 1.82) is 0 Å². The number of hydrogen-bond donors (Lipinski definition) is 1. The Morgan fingerprint density at radius 3 is 2.67 bits per heavy atom. The van der Waals surface area contributed by atoms with Gasteiger partial charge in [0.1, 0.15) is 17.7 Å². The van der Waals surface area contributed by atoms with Crippen molar-refractivity contribution in [3.05, 3.63) is 83.6 Å². The van der Waals surface area contributed by atoms with E-state index >= 15 is 0 Å². The molecule has 1 N–H and O–H groups in total. The fourth-order valence-corrected chi connectivity index (χ4v) is 3.31. The average molecular weight is 406 g/mol. The van der Waals surface area contributed by atoms with E-state index < -0.39 is 0 Å². The molecule has 1 aliphatic rings. The van der Waals surface area contributed by atoms with Gasteiger partial charge in [0, 0.05) is 6.54 Å². The average Bonchev–Trinajstić information content (AvgIpc) is 2.77. The number of hydrogen-bond acceptors (Lipinski definition) is 5. The number of carbonyl (C=O) groups excluding carboxylic acids is 1. The van der Waals surface area contributed by atoms with Crippen LogP contribution < -0.4 is 5.32 Å². The summed E-state index contributed by atoms with van der Waals surface area (Å²) in [6, 6.07) is 14.7. The van der Waals surface area contributed by atoms with Gasteiger partial charge in [-0.1, -0.05) is 29.8 Å². The van der Waals surface area contributed by atoms with E-state index in [9.17, 15) is 9.18 Å². The lowest BCUT2D eigenvalue weighted by atomic mass is 10.1. The number of ether oxygens (including phenoxy) is 1. The summed E-state index contributed by atoms with van der Waals surface area (Å²) in [6.07, 6.45) is 2.95. The maximum atomic E-state index is 13.0. The second kappa shape index (κ2) is 9.00. The topological polar surface area (TPSA) is 67.3 Å². The quantitative estimate of drug-likeness (QED) is 0.698. The van der Waals surface area contributed by atoms with E-state index in [1.807, 2.05) is 48.2 Å². The summed E-state index contributed by atoms with van der Waals surface area (Å²) >= 11 is 0. The Hall–Kier alpha value is -3.32. The lowest BCUT2D eigenvalue weighted by Gasteiger charge is -2.32. The van der Waals surface area contributed by atoms with Gasteiger partial charge in [0.05, 0.1) is 43.3 Å². The molecule has 0 radical (unpaired) electrons. The van der Waals surface area contributed by atoms with Crippen molar-refractivity contribution in [2.24, 2.45) is 0 Å². The zero-order chi connectivity index (χ0) is 20.9. The maximum absolute atomic E-state index is 13.0. The van der Waals surface area contributed by atoms with Crippen LogP contribution in [-0.4, -0.2) is 40.5 Å².